The van der Waals surface area contributed by atoms with E-state index in [0.717, 1.165) is 17.2 Å². The van der Waals surface area contributed by atoms with Gasteiger partial charge < -0.3 is 10.6 Å². The fourth-order valence-electron chi connectivity index (χ4n) is 4.81. The van der Waals surface area contributed by atoms with E-state index < -0.39 is 23.3 Å². The Morgan fingerprint density at radius 3 is 2.45 bits per heavy atom. The van der Waals surface area contributed by atoms with Crippen LogP contribution in [0.2, 0.25) is 5.02 Å². The number of rotatable bonds is 6. The first-order valence-corrected chi connectivity index (χ1v) is 11.5. The SMILES string of the molecule is CNC(=O)c1cc(Cl)c(F)cc1NC(=O)C1(c2ccccc2C(C)C)CN(C2CC(F)C2)C1. The highest BCUT2D eigenvalue weighted by Gasteiger charge is 2.55. The van der Waals surface area contributed by atoms with E-state index in [1.54, 1.807) is 0 Å². The van der Waals surface area contributed by atoms with Gasteiger partial charge in [-0.15, -0.1) is 0 Å². The molecule has 4 rings (SSSR count). The van der Waals surface area contributed by atoms with Gasteiger partial charge in [0.15, 0.2) is 0 Å². The van der Waals surface area contributed by atoms with Gasteiger partial charge in [-0.2, -0.15) is 0 Å². The van der Waals surface area contributed by atoms with Gasteiger partial charge in [-0.1, -0.05) is 49.7 Å². The van der Waals surface area contributed by atoms with Crippen LogP contribution in [0.15, 0.2) is 36.4 Å². The first kappa shape index (κ1) is 23.6. The number of likely N-dealkylation sites (tertiary alicyclic amines) is 1. The third-order valence-corrected chi connectivity index (χ3v) is 7.12. The van der Waals surface area contributed by atoms with Gasteiger partial charge in [-0.3, -0.25) is 14.5 Å². The van der Waals surface area contributed by atoms with Crippen molar-refractivity contribution in [3.63, 3.8) is 0 Å². The number of hydrogen-bond donors (Lipinski definition) is 2. The molecular weight excluding hydrogens is 448 g/mol. The third-order valence-electron chi connectivity index (χ3n) is 6.83. The Bertz CT molecular complexity index is 1080. The summed E-state index contributed by atoms with van der Waals surface area (Å²) in [6.07, 6.45) is 0.174. The van der Waals surface area contributed by atoms with Crippen LogP contribution in [0.25, 0.3) is 0 Å². The number of benzene rings is 2. The molecule has 0 aromatic heterocycles. The summed E-state index contributed by atoms with van der Waals surface area (Å²) in [7, 11) is 1.45. The minimum Gasteiger partial charge on any atom is -0.355 e. The van der Waals surface area contributed by atoms with Crippen molar-refractivity contribution in [3.05, 3.63) is 63.9 Å². The number of halogens is 3. The Balaban J connectivity index is 1.70. The molecule has 2 fully saturated rings. The lowest BCUT2D eigenvalue weighted by Crippen LogP contribution is -2.69. The highest BCUT2D eigenvalue weighted by Crippen LogP contribution is 2.44. The van der Waals surface area contributed by atoms with E-state index in [-0.39, 0.29) is 34.1 Å². The lowest BCUT2D eigenvalue weighted by molar-refractivity contribution is -0.132. The van der Waals surface area contributed by atoms with Crippen LogP contribution in [0.1, 0.15) is 54.1 Å². The second-order valence-corrected chi connectivity index (χ2v) is 9.70. The van der Waals surface area contributed by atoms with E-state index >= 15 is 0 Å². The maximum atomic E-state index is 14.3. The van der Waals surface area contributed by atoms with E-state index in [9.17, 15) is 18.4 Å². The van der Waals surface area contributed by atoms with E-state index in [4.69, 9.17) is 11.6 Å². The van der Waals surface area contributed by atoms with Crippen molar-refractivity contribution >= 4 is 29.1 Å². The van der Waals surface area contributed by atoms with Gasteiger partial charge in [-0.25, -0.2) is 8.78 Å². The van der Waals surface area contributed by atoms with Crippen molar-refractivity contribution in [2.75, 3.05) is 25.5 Å². The number of anilines is 1. The fraction of sp³-hybridized carbons (Fsp3) is 0.440. The monoisotopic (exact) mass is 475 g/mol. The molecule has 2 N–H and O–H groups in total. The minimum absolute atomic E-state index is 0.0635. The van der Waals surface area contributed by atoms with Gasteiger partial charge in [0.05, 0.1) is 21.7 Å². The first-order chi connectivity index (χ1) is 15.7. The predicted molar refractivity (Wildman–Crippen MR) is 125 cm³/mol. The molecule has 2 aromatic rings. The Morgan fingerprint density at radius 2 is 1.85 bits per heavy atom. The summed E-state index contributed by atoms with van der Waals surface area (Å²) in [6.45, 7) is 5.01. The summed E-state index contributed by atoms with van der Waals surface area (Å²) in [4.78, 5) is 28.3. The third kappa shape index (κ3) is 4.24. The van der Waals surface area contributed by atoms with Crippen LogP contribution in [0.4, 0.5) is 14.5 Å². The van der Waals surface area contributed by atoms with Crippen molar-refractivity contribution in [2.45, 2.75) is 50.2 Å². The second kappa shape index (κ2) is 9.03. The summed E-state index contributed by atoms with van der Waals surface area (Å²) in [5.41, 5.74) is 1.21. The molecule has 2 amide bonds. The number of carbonyl (C=O) groups excluding carboxylic acids is 2. The van der Waals surface area contributed by atoms with Gasteiger partial charge in [0.25, 0.3) is 5.91 Å². The molecule has 1 aliphatic carbocycles. The van der Waals surface area contributed by atoms with Gasteiger partial charge >= 0.3 is 0 Å². The topological polar surface area (TPSA) is 61.4 Å². The summed E-state index contributed by atoms with van der Waals surface area (Å²) >= 11 is 5.89. The molecule has 176 valence electrons. The number of nitrogens with one attached hydrogen (secondary N) is 2. The molecule has 0 atom stereocenters. The summed E-state index contributed by atoms with van der Waals surface area (Å²) in [5, 5.41) is 5.09. The maximum absolute atomic E-state index is 14.3. The number of alkyl halides is 1. The second-order valence-electron chi connectivity index (χ2n) is 9.30. The van der Waals surface area contributed by atoms with E-state index in [1.807, 2.05) is 24.3 Å². The van der Waals surface area contributed by atoms with Crippen LogP contribution in [0.3, 0.4) is 0 Å². The van der Waals surface area contributed by atoms with Crippen molar-refractivity contribution in [3.8, 4) is 0 Å². The Morgan fingerprint density at radius 1 is 1.18 bits per heavy atom. The van der Waals surface area contributed by atoms with Crippen LogP contribution in [-0.2, 0) is 10.2 Å². The molecule has 2 aromatic carbocycles. The minimum atomic E-state index is -0.891. The average molecular weight is 476 g/mol. The molecule has 5 nitrogen and oxygen atoms in total. The Labute approximate surface area is 197 Å². The van der Waals surface area contributed by atoms with Crippen LogP contribution < -0.4 is 10.6 Å². The van der Waals surface area contributed by atoms with Crippen molar-refractivity contribution in [1.29, 1.82) is 0 Å². The number of amides is 2. The smallest absolute Gasteiger partial charge is 0.253 e. The van der Waals surface area contributed by atoms with Gasteiger partial charge in [0.1, 0.15) is 12.0 Å². The fourth-order valence-corrected chi connectivity index (χ4v) is 4.98. The zero-order valence-corrected chi connectivity index (χ0v) is 19.7. The molecule has 8 heteroatoms. The normalized spacial score (nSPS) is 21.8. The molecule has 1 heterocycles. The van der Waals surface area contributed by atoms with Crippen LogP contribution in [0, 0.1) is 5.82 Å². The standard InChI is InChI=1S/C25H28ClF2N3O2/c1-14(2)17-6-4-5-7-19(17)25(12-31(13-25)16-8-15(27)9-16)24(33)30-22-11-21(28)20(26)10-18(22)23(32)29-3/h4-7,10-11,14-16H,8-9,12-13H2,1-3H3,(H,29,32)(H,30,33). The lowest BCUT2D eigenvalue weighted by atomic mass is 9.68. The zero-order valence-electron chi connectivity index (χ0n) is 18.9. The van der Waals surface area contributed by atoms with Gasteiger partial charge in [-0.05, 0) is 42.0 Å². The zero-order chi connectivity index (χ0) is 23.9. The number of hydrogen-bond acceptors (Lipinski definition) is 3. The molecule has 0 unspecified atom stereocenters. The predicted octanol–water partition coefficient (Wildman–Crippen LogP) is 4.65. The highest BCUT2D eigenvalue weighted by molar-refractivity contribution is 6.31. The molecule has 33 heavy (non-hydrogen) atoms. The van der Waals surface area contributed by atoms with Crippen LogP contribution >= 0.6 is 11.6 Å². The van der Waals surface area contributed by atoms with Crippen LogP contribution in [0.5, 0.6) is 0 Å². The number of nitrogens with zero attached hydrogens (tertiary/aromatic N) is 1. The first-order valence-electron chi connectivity index (χ1n) is 11.2. The summed E-state index contributed by atoms with van der Waals surface area (Å²) < 4.78 is 27.7. The Kier molecular flexibility index (Phi) is 6.47. The van der Waals surface area contributed by atoms with Gasteiger partial charge in [0.2, 0.25) is 5.91 Å². The van der Waals surface area contributed by atoms with E-state index in [0.29, 0.717) is 25.9 Å². The van der Waals surface area contributed by atoms with Crippen molar-refractivity contribution in [2.24, 2.45) is 0 Å². The van der Waals surface area contributed by atoms with Crippen LogP contribution in [-0.4, -0.2) is 49.1 Å². The molecule has 0 spiro atoms. The largest absolute Gasteiger partial charge is 0.355 e. The molecule has 2 aliphatic rings. The summed E-state index contributed by atoms with van der Waals surface area (Å²) in [6, 6.07) is 10.2. The summed E-state index contributed by atoms with van der Waals surface area (Å²) in [5.74, 6) is -1.35. The quantitative estimate of drug-likeness (QED) is 0.639. The van der Waals surface area contributed by atoms with Crippen molar-refractivity contribution < 1.29 is 18.4 Å². The molecule has 1 saturated carbocycles. The molecule has 1 aliphatic heterocycles. The van der Waals surface area contributed by atoms with E-state index in [2.05, 4.69) is 29.4 Å². The molecule has 0 radical (unpaired) electrons. The van der Waals surface area contributed by atoms with Crippen molar-refractivity contribution in [1.82, 2.24) is 10.2 Å². The Hall–Kier alpha value is -2.51. The average Bonchev–Trinajstić information content (AvgIpc) is 2.73. The molecule has 1 saturated heterocycles. The van der Waals surface area contributed by atoms with E-state index in [1.165, 1.54) is 13.1 Å². The highest BCUT2D eigenvalue weighted by atomic mass is 35.5. The molecule has 0 bridgehead atoms. The number of carbonyl (C=O) groups is 2. The molecular formula is C25H28ClF2N3O2. The van der Waals surface area contributed by atoms with Gasteiger partial charge in [0, 0.05) is 26.2 Å². The lowest BCUT2D eigenvalue weighted by Gasteiger charge is -2.55. The maximum Gasteiger partial charge on any atom is 0.253 e.